The highest BCUT2D eigenvalue weighted by Crippen LogP contribution is 2.48. The third-order valence-electron chi connectivity index (χ3n) is 6.08. The smallest absolute Gasteiger partial charge is 0.118 e. The number of hydrogen-bond donors (Lipinski definition) is 1. The highest BCUT2D eigenvalue weighted by Gasteiger charge is 2.39. The first-order valence-electron chi connectivity index (χ1n) is 10.1. The second kappa shape index (κ2) is 9.27. The summed E-state index contributed by atoms with van der Waals surface area (Å²) in [7, 11) is 0. The summed E-state index contributed by atoms with van der Waals surface area (Å²) in [6, 6.07) is 4.04. The van der Waals surface area contributed by atoms with Gasteiger partial charge in [-0.15, -0.1) is 0 Å². The monoisotopic (exact) mass is 342 g/mol. The van der Waals surface area contributed by atoms with Crippen LogP contribution in [0.4, 0.5) is 0 Å². The minimum absolute atomic E-state index is 0.0791. The number of benzene rings is 1. The minimum atomic E-state index is 0.0791. The molecule has 0 saturated carbocycles. The Labute approximate surface area is 155 Å². The molecule has 1 nitrogen and oxygen atoms in total. The van der Waals surface area contributed by atoms with Crippen molar-refractivity contribution in [3.05, 3.63) is 52.6 Å². The van der Waals surface area contributed by atoms with E-state index in [9.17, 15) is 5.11 Å². The van der Waals surface area contributed by atoms with E-state index in [2.05, 4.69) is 58.9 Å². The molecule has 0 aromatic heterocycles. The molecule has 3 atom stereocenters. The fraction of sp³-hybridized carbons (Fsp3) is 0.583. The number of allylic oxidation sites excluding steroid dienone is 4. The molecule has 1 aromatic carbocycles. The minimum Gasteiger partial charge on any atom is -0.508 e. The summed E-state index contributed by atoms with van der Waals surface area (Å²) in [6.45, 7) is 17.5. The zero-order chi connectivity index (χ0) is 19.2. The van der Waals surface area contributed by atoms with E-state index in [4.69, 9.17) is 0 Å². The Morgan fingerprint density at radius 2 is 1.68 bits per heavy atom. The summed E-state index contributed by atoms with van der Waals surface area (Å²) in [5, 5.41) is 10.1. The molecule has 0 bridgehead atoms. The summed E-state index contributed by atoms with van der Waals surface area (Å²) in [6.07, 6.45) is 10.3. The van der Waals surface area contributed by atoms with Crippen LogP contribution in [0.2, 0.25) is 0 Å². The molecular weight excluding hydrogens is 304 g/mol. The summed E-state index contributed by atoms with van der Waals surface area (Å²) in [5.74, 6) is 1.54. The van der Waals surface area contributed by atoms with Gasteiger partial charge in [0.05, 0.1) is 0 Å². The molecule has 3 unspecified atom stereocenters. The quantitative estimate of drug-likeness (QED) is 0.597. The van der Waals surface area contributed by atoms with Crippen LogP contribution in [-0.4, -0.2) is 5.11 Å². The van der Waals surface area contributed by atoms with Crippen molar-refractivity contribution in [2.45, 2.75) is 80.1 Å². The van der Waals surface area contributed by atoms with Gasteiger partial charge in [-0.05, 0) is 61.3 Å². The van der Waals surface area contributed by atoms with Crippen molar-refractivity contribution in [3.8, 4) is 5.75 Å². The van der Waals surface area contributed by atoms with Crippen LogP contribution in [0.25, 0.3) is 0 Å². The molecule has 1 N–H and O–H groups in total. The summed E-state index contributed by atoms with van der Waals surface area (Å²) < 4.78 is 0. The van der Waals surface area contributed by atoms with Gasteiger partial charge >= 0.3 is 0 Å². The van der Waals surface area contributed by atoms with Gasteiger partial charge < -0.3 is 5.11 Å². The van der Waals surface area contributed by atoms with Crippen molar-refractivity contribution < 1.29 is 5.11 Å². The fourth-order valence-corrected chi connectivity index (χ4v) is 4.29. The highest BCUT2D eigenvalue weighted by molar-refractivity contribution is 5.51. The van der Waals surface area contributed by atoms with E-state index in [-0.39, 0.29) is 5.41 Å². The molecule has 0 radical (unpaired) electrons. The van der Waals surface area contributed by atoms with Crippen LogP contribution in [0.3, 0.4) is 0 Å². The van der Waals surface area contributed by atoms with Crippen LogP contribution >= 0.6 is 0 Å². The SMILES string of the molecule is CC.CCCC(CC)(C1=CC=CC(C)C1C)c1ccc(O)c(C)c1C. The zero-order valence-electron chi connectivity index (χ0n) is 17.6. The molecule has 0 spiro atoms. The largest absolute Gasteiger partial charge is 0.508 e. The van der Waals surface area contributed by atoms with Crippen LogP contribution in [0.1, 0.15) is 77.5 Å². The van der Waals surface area contributed by atoms with Crippen LogP contribution in [0.15, 0.2) is 35.9 Å². The first kappa shape index (κ1) is 21.5. The average Bonchev–Trinajstić information content (AvgIpc) is 2.62. The first-order chi connectivity index (χ1) is 11.9. The number of aromatic hydroxyl groups is 1. The van der Waals surface area contributed by atoms with E-state index in [1.165, 1.54) is 11.1 Å². The Morgan fingerprint density at radius 1 is 1.04 bits per heavy atom. The maximum atomic E-state index is 10.1. The van der Waals surface area contributed by atoms with Crippen molar-refractivity contribution in [3.63, 3.8) is 0 Å². The van der Waals surface area contributed by atoms with Crippen LogP contribution in [0.5, 0.6) is 5.75 Å². The molecule has 2 rings (SSSR count). The van der Waals surface area contributed by atoms with E-state index >= 15 is 0 Å². The van der Waals surface area contributed by atoms with E-state index in [0.29, 0.717) is 17.6 Å². The van der Waals surface area contributed by atoms with Gasteiger partial charge in [0.2, 0.25) is 0 Å². The van der Waals surface area contributed by atoms with Crippen LogP contribution in [0, 0.1) is 25.7 Å². The van der Waals surface area contributed by atoms with Gasteiger partial charge in [-0.25, -0.2) is 0 Å². The topological polar surface area (TPSA) is 20.2 Å². The molecule has 1 heteroatoms. The molecule has 0 fully saturated rings. The normalized spacial score (nSPS) is 21.8. The number of phenolic OH excluding ortho intramolecular Hbond substituents is 1. The van der Waals surface area contributed by atoms with Crippen LogP contribution < -0.4 is 0 Å². The predicted molar refractivity (Wildman–Crippen MR) is 111 cm³/mol. The predicted octanol–water partition coefficient (Wildman–Crippen LogP) is 7.25. The van der Waals surface area contributed by atoms with Crippen molar-refractivity contribution in [1.82, 2.24) is 0 Å². The third-order valence-corrected chi connectivity index (χ3v) is 6.08. The van der Waals surface area contributed by atoms with Gasteiger partial charge in [0.1, 0.15) is 5.75 Å². The summed E-state index contributed by atoms with van der Waals surface area (Å²) in [5.41, 5.74) is 5.30. The fourth-order valence-electron chi connectivity index (χ4n) is 4.29. The van der Waals surface area contributed by atoms with Crippen LogP contribution in [-0.2, 0) is 5.41 Å². The van der Waals surface area contributed by atoms with Crippen molar-refractivity contribution in [2.75, 3.05) is 0 Å². The van der Waals surface area contributed by atoms with Gasteiger partial charge in [-0.2, -0.15) is 0 Å². The van der Waals surface area contributed by atoms with Gasteiger partial charge in [-0.3, -0.25) is 0 Å². The standard InChI is InChI=1S/C22H32O.C2H6/c1-7-14-22(8-2,19-11-9-10-15(3)16(19)4)20-12-13-21(23)18(6)17(20)5;1-2/h9-13,15-16,23H,7-8,14H2,1-6H3;1-2H3. The molecular formula is C24H38O. The second-order valence-corrected chi connectivity index (χ2v) is 7.22. The van der Waals surface area contributed by atoms with Gasteiger partial charge in [0, 0.05) is 5.41 Å². The van der Waals surface area contributed by atoms with Crippen molar-refractivity contribution in [1.29, 1.82) is 0 Å². The van der Waals surface area contributed by atoms with E-state index in [1.807, 2.05) is 26.8 Å². The molecule has 25 heavy (non-hydrogen) atoms. The molecule has 1 aliphatic rings. The average molecular weight is 343 g/mol. The maximum absolute atomic E-state index is 10.1. The lowest BCUT2D eigenvalue weighted by molar-refractivity contribution is 0.363. The summed E-state index contributed by atoms with van der Waals surface area (Å²) in [4.78, 5) is 0. The lowest BCUT2D eigenvalue weighted by Gasteiger charge is -2.42. The Kier molecular flexibility index (Phi) is 7.99. The first-order valence-corrected chi connectivity index (χ1v) is 10.1. The Morgan fingerprint density at radius 3 is 2.24 bits per heavy atom. The Balaban J connectivity index is 0.00000151. The highest BCUT2D eigenvalue weighted by atomic mass is 16.3. The van der Waals surface area contributed by atoms with Gasteiger partial charge in [0.25, 0.3) is 0 Å². The van der Waals surface area contributed by atoms with E-state index < -0.39 is 0 Å². The lowest BCUT2D eigenvalue weighted by Crippen LogP contribution is -2.34. The molecule has 0 amide bonds. The number of rotatable bonds is 5. The maximum Gasteiger partial charge on any atom is 0.118 e. The number of phenols is 1. The lowest BCUT2D eigenvalue weighted by atomic mass is 9.61. The molecule has 1 aromatic rings. The molecule has 0 heterocycles. The van der Waals surface area contributed by atoms with Gasteiger partial charge in [-0.1, -0.05) is 77.8 Å². The Bertz CT molecular complexity index is 623. The number of hydrogen-bond acceptors (Lipinski definition) is 1. The Hall–Kier alpha value is -1.50. The zero-order valence-corrected chi connectivity index (χ0v) is 17.6. The second-order valence-electron chi connectivity index (χ2n) is 7.22. The summed E-state index contributed by atoms with van der Waals surface area (Å²) >= 11 is 0. The molecule has 140 valence electrons. The van der Waals surface area contributed by atoms with Crippen molar-refractivity contribution >= 4 is 0 Å². The van der Waals surface area contributed by atoms with Crippen molar-refractivity contribution in [2.24, 2.45) is 11.8 Å². The molecule has 0 saturated heterocycles. The molecule has 1 aliphatic carbocycles. The van der Waals surface area contributed by atoms with E-state index in [1.54, 1.807) is 5.57 Å². The molecule has 0 aliphatic heterocycles. The van der Waals surface area contributed by atoms with E-state index in [0.717, 1.165) is 24.8 Å². The van der Waals surface area contributed by atoms with Gasteiger partial charge in [0.15, 0.2) is 0 Å². The third kappa shape index (κ3) is 4.02.